The van der Waals surface area contributed by atoms with Crippen LogP contribution in [-0.4, -0.2) is 18.4 Å². The zero-order chi connectivity index (χ0) is 16.1. The van der Waals surface area contributed by atoms with Gasteiger partial charge in [-0.25, -0.2) is 0 Å². The highest BCUT2D eigenvalue weighted by Crippen LogP contribution is 2.31. The van der Waals surface area contributed by atoms with E-state index in [9.17, 15) is 9.59 Å². The van der Waals surface area contributed by atoms with Crippen LogP contribution < -0.4 is 16.4 Å². The van der Waals surface area contributed by atoms with E-state index in [1.165, 1.54) is 23.5 Å². The van der Waals surface area contributed by atoms with E-state index in [0.29, 0.717) is 10.6 Å². The van der Waals surface area contributed by atoms with Crippen molar-refractivity contribution in [1.82, 2.24) is 5.32 Å². The van der Waals surface area contributed by atoms with Crippen LogP contribution in [-0.2, 0) is 4.79 Å². The van der Waals surface area contributed by atoms with Crippen molar-refractivity contribution in [3.63, 3.8) is 0 Å². The van der Waals surface area contributed by atoms with E-state index < -0.39 is 0 Å². The Kier molecular flexibility index (Phi) is 5.65. The maximum absolute atomic E-state index is 11.8. The van der Waals surface area contributed by atoms with Gasteiger partial charge in [-0.2, -0.15) is 0 Å². The summed E-state index contributed by atoms with van der Waals surface area (Å²) in [4.78, 5) is 24.1. The average molecular weight is 358 g/mol. The summed E-state index contributed by atoms with van der Waals surface area (Å²) in [7, 11) is 0. The van der Waals surface area contributed by atoms with E-state index in [0.717, 1.165) is 0 Å². The van der Waals surface area contributed by atoms with Crippen LogP contribution in [0.25, 0.3) is 0 Å². The summed E-state index contributed by atoms with van der Waals surface area (Å²) in [5.74, 6) is -0.454. The topological polar surface area (TPSA) is 84.2 Å². The zero-order valence-corrected chi connectivity index (χ0v) is 13.7. The van der Waals surface area contributed by atoms with Gasteiger partial charge in [0.2, 0.25) is 5.91 Å². The third-order valence-electron chi connectivity index (χ3n) is 2.75. The number of nitrogens with one attached hydrogen (secondary N) is 2. The standard InChI is InChI=1S/C14H13Cl2N3O2S/c15-9-6-8(7-10(16)13(9)17)19-12(20)3-4-18-14(21)11-2-1-5-22-11/h1-2,5-7H,3-4,17H2,(H,18,21)(H,19,20). The van der Waals surface area contributed by atoms with Crippen LogP contribution in [0, 0.1) is 0 Å². The molecule has 2 rings (SSSR count). The predicted molar refractivity (Wildman–Crippen MR) is 90.8 cm³/mol. The summed E-state index contributed by atoms with van der Waals surface area (Å²) in [6, 6.07) is 6.55. The second-order valence-corrected chi connectivity index (χ2v) is 6.15. The highest BCUT2D eigenvalue weighted by atomic mass is 35.5. The molecule has 1 heterocycles. The number of rotatable bonds is 5. The van der Waals surface area contributed by atoms with Crippen molar-refractivity contribution in [2.24, 2.45) is 0 Å². The molecule has 22 heavy (non-hydrogen) atoms. The molecule has 0 bridgehead atoms. The number of amides is 2. The fourth-order valence-corrected chi connectivity index (χ4v) is 2.79. The van der Waals surface area contributed by atoms with Crippen LogP contribution in [0.5, 0.6) is 0 Å². The van der Waals surface area contributed by atoms with E-state index in [1.54, 1.807) is 12.1 Å². The minimum Gasteiger partial charge on any atom is -0.396 e. The zero-order valence-electron chi connectivity index (χ0n) is 11.4. The first kappa shape index (κ1) is 16.6. The van der Waals surface area contributed by atoms with Crippen molar-refractivity contribution in [3.8, 4) is 0 Å². The van der Waals surface area contributed by atoms with Gasteiger partial charge in [-0.3, -0.25) is 9.59 Å². The Morgan fingerprint density at radius 2 is 1.91 bits per heavy atom. The van der Waals surface area contributed by atoms with Crippen LogP contribution in [0.3, 0.4) is 0 Å². The predicted octanol–water partition coefficient (Wildman–Crippen LogP) is 3.40. The second-order valence-electron chi connectivity index (χ2n) is 4.38. The Labute approximate surface area is 141 Å². The monoisotopic (exact) mass is 357 g/mol. The number of anilines is 2. The van der Waals surface area contributed by atoms with Crippen molar-refractivity contribution in [2.45, 2.75) is 6.42 Å². The van der Waals surface area contributed by atoms with Crippen molar-refractivity contribution in [2.75, 3.05) is 17.6 Å². The number of carbonyl (C=O) groups is 2. The second kappa shape index (κ2) is 7.49. The van der Waals surface area contributed by atoms with Crippen LogP contribution in [0.1, 0.15) is 16.1 Å². The van der Waals surface area contributed by atoms with Crippen LogP contribution in [0.2, 0.25) is 10.0 Å². The number of halogens is 2. The molecule has 0 unspecified atom stereocenters. The van der Waals surface area contributed by atoms with Crippen LogP contribution in [0.4, 0.5) is 11.4 Å². The lowest BCUT2D eigenvalue weighted by atomic mass is 10.2. The molecule has 0 aliphatic heterocycles. The average Bonchev–Trinajstić information content (AvgIpc) is 2.98. The molecule has 1 aromatic carbocycles. The highest BCUT2D eigenvalue weighted by molar-refractivity contribution is 7.12. The number of nitrogen functional groups attached to an aromatic ring is 1. The van der Waals surface area contributed by atoms with Gasteiger partial charge < -0.3 is 16.4 Å². The first-order valence-corrected chi connectivity index (χ1v) is 7.97. The molecular formula is C14H13Cl2N3O2S. The van der Waals surface area contributed by atoms with Gasteiger partial charge in [-0.1, -0.05) is 29.3 Å². The SMILES string of the molecule is Nc1c(Cl)cc(NC(=O)CCNC(=O)c2cccs2)cc1Cl. The summed E-state index contributed by atoms with van der Waals surface area (Å²) < 4.78 is 0. The van der Waals surface area contributed by atoms with Gasteiger partial charge in [-0.05, 0) is 23.6 Å². The lowest BCUT2D eigenvalue weighted by Crippen LogP contribution is -2.27. The van der Waals surface area contributed by atoms with Crippen LogP contribution in [0.15, 0.2) is 29.6 Å². The van der Waals surface area contributed by atoms with Gasteiger partial charge in [0.15, 0.2) is 0 Å². The largest absolute Gasteiger partial charge is 0.396 e. The van der Waals surface area contributed by atoms with Crippen molar-refractivity contribution in [1.29, 1.82) is 0 Å². The summed E-state index contributed by atoms with van der Waals surface area (Å²) in [5, 5.41) is 7.68. The lowest BCUT2D eigenvalue weighted by molar-refractivity contribution is -0.116. The quantitative estimate of drug-likeness (QED) is 0.717. The molecule has 0 aliphatic rings. The Morgan fingerprint density at radius 1 is 1.23 bits per heavy atom. The fourth-order valence-electron chi connectivity index (χ4n) is 1.66. The molecule has 0 saturated carbocycles. The lowest BCUT2D eigenvalue weighted by Gasteiger charge is -2.09. The number of benzene rings is 1. The van der Waals surface area contributed by atoms with Crippen LogP contribution >= 0.6 is 34.5 Å². The molecule has 5 nitrogen and oxygen atoms in total. The first-order chi connectivity index (χ1) is 10.5. The molecule has 0 saturated heterocycles. The molecule has 2 aromatic rings. The number of carbonyl (C=O) groups excluding carboxylic acids is 2. The molecular weight excluding hydrogens is 345 g/mol. The molecule has 8 heteroatoms. The minimum atomic E-state index is -0.261. The maximum atomic E-state index is 11.8. The van der Waals surface area contributed by atoms with Gasteiger partial charge in [0.1, 0.15) is 0 Å². The Hall–Kier alpha value is -1.76. The summed E-state index contributed by atoms with van der Waals surface area (Å²) in [5.41, 5.74) is 6.34. The van der Waals surface area contributed by atoms with Gasteiger partial charge in [-0.15, -0.1) is 11.3 Å². The van der Waals surface area contributed by atoms with E-state index in [2.05, 4.69) is 10.6 Å². The van der Waals surface area contributed by atoms with Gasteiger partial charge in [0, 0.05) is 18.7 Å². The van der Waals surface area contributed by atoms with Crippen molar-refractivity contribution < 1.29 is 9.59 Å². The molecule has 0 aliphatic carbocycles. The number of nitrogens with two attached hydrogens (primary N) is 1. The molecule has 0 fully saturated rings. The normalized spacial score (nSPS) is 10.3. The molecule has 0 radical (unpaired) electrons. The molecule has 116 valence electrons. The number of hydrogen-bond acceptors (Lipinski definition) is 4. The number of thiophene rings is 1. The first-order valence-electron chi connectivity index (χ1n) is 6.33. The Morgan fingerprint density at radius 3 is 2.50 bits per heavy atom. The van der Waals surface area contributed by atoms with E-state index in [4.69, 9.17) is 28.9 Å². The van der Waals surface area contributed by atoms with E-state index in [1.807, 2.05) is 5.38 Å². The third kappa shape index (κ3) is 4.37. The smallest absolute Gasteiger partial charge is 0.261 e. The minimum absolute atomic E-state index is 0.136. The Balaban J connectivity index is 1.82. The Bertz CT molecular complexity index is 666. The van der Waals surface area contributed by atoms with Gasteiger partial charge in [0.25, 0.3) is 5.91 Å². The molecule has 0 spiro atoms. The fraction of sp³-hybridized carbons (Fsp3) is 0.143. The molecule has 2 amide bonds. The summed E-state index contributed by atoms with van der Waals surface area (Å²) >= 11 is 13.1. The number of hydrogen-bond donors (Lipinski definition) is 3. The maximum Gasteiger partial charge on any atom is 0.261 e. The van der Waals surface area contributed by atoms with E-state index >= 15 is 0 Å². The van der Waals surface area contributed by atoms with Crippen molar-refractivity contribution >= 4 is 57.7 Å². The molecule has 1 aromatic heterocycles. The third-order valence-corrected chi connectivity index (χ3v) is 4.24. The highest BCUT2D eigenvalue weighted by Gasteiger charge is 2.09. The van der Waals surface area contributed by atoms with Crippen molar-refractivity contribution in [3.05, 3.63) is 44.6 Å². The van der Waals surface area contributed by atoms with Gasteiger partial charge in [0.05, 0.1) is 20.6 Å². The summed E-state index contributed by atoms with van der Waals surface area (Å²) in [6.07, 6.45) is 0.136. The van der Waals surface area contributed by atoms with E-state index in [-0.39, 0.29) is 40.5 Å². The van der Waals surface area contributed by atoms with Gasteiger partial charge >= 0.3 is 0 Å². The molecule has 4 N–H and O–H groups in total. The molecule has 0 atom stereocenters. The summed E-state index contributed by atoms with van der Waals surface area (Å²) in [6.45, 7) is 0.235.